The van der Waals surface area contributed by atoms with E-state index in [4.69, 9.17) is 15.1 Å². The van der Waals surface area contributed by atoms with Crippen molar-refractivity contribution in [3.8, 4) is 0 Å². The van der Waals surface area contributed by atoms with Gasteiger partial charge in [-0.05, 0) is 0 Å². The van der Waals surface area contributed by atoms with Gasteiger partial charge in [-0.2, -0.15) is 0 Å². The topological polar surface area (TPSA) is 65.7 Å². The van der Waals surface area contributed by atoms with E-state index in [-0.39, 0.29) is 21.6 Å². The number of rotatable bonds is 8. The van der Waals surface area contributed by atoms with Crippen LogP contribution in [0.2, 0.25) is 0 Å². The van der Waals surface area contributed by atoms with Crippen molar-refractivity contribution in [2.45, 2.75) is 8.35 Å². The van der Waals surface area contributed by atoms with Crippen molar-refractivity contribution in [2.75, 3.05) is 13.7 Å². The molecular formula is C4H11I3N2O3-2. The molecule has 0 saturated carbocycles. The fourth-order valence-electron chi connectivity index (χ4n) is 0.293. The number of halogens is 3. The van der Waals surface area contributed by atoms with E-state index in [1.54, 1.807) is 7.11 Å². The molecule has 1 atom stereocenters. The molecule has 0 saturated heterocycles. The molecule has 0 aliphatic rings. The number of hydrogen-bond acceptors (Lipinski definition) is 5. The Morgan fingerprint density at radius 1 is 1.58 bits per heavy atom. The van der Waals surface area contributed by atoms with Crippen LogP contribution in [0, 0.1) is 0 Å². The maximum atomic E-state index is 5.37. The van der Waals surface area contributed by atoms with Crippen LogP contribution in [0.15, 0.2) is 0 Å². The van der Waals surface area contributed by atoms with Crippen LogP contribution in [0.3, 0.4) is 0 Å². The summed E-state index contributed by atoms with van der Waals surface area (Å²) in [4.78, 5) is 0. The van der Waals surface area contributed by atoms with E-state index in [1.807, 2.05) is 0 Å². The first-order valence-electron chi connectivity index (χ1n) is 3.03. The van der Waals surface area contributed by atoms with E-state index in [0.717, 1.165) is 6.42 Å². The first kappa shape index (κ1) is 14.0. The third-order valence-corrected chi connectivity index (χ3v) is 4.92. The molecule has 0 radical (unpaired) electrons. The van der Waals surface area contributed by atoms with Gasteiger partial charge in [-0.15, -0.1) is 0 Å². The quantitative estimate of drug-likeness (QED) is 0.146. The van der Waals surface area contributed by atoms with Gasteiger partial charge in [0, 0.05) is 0 Å². The number of nitrogens with one attached hydrogen (secondary N) is 1. The number of alkyl halides is 2. The Balaban J connectivity index is 2.97. The van der Waals surface area contributed by atoms with Gasteiger partial charge in [0.25, 0.3) is 0 Å². The van der Waals surface area contributed by atoms with Crippen molar-refractivity contribution in [1.82, 2.24) is 5.64 Å². The Morgan fingerprint density at radius 3 is 2.92 bits per heavy atom. The van der Waals surface area contributed by atoms with Crippen LogP contribution in [-0.2, 0) is 9.40 Å². The van der Waals surface area contributed by atoms with Crippen molar-refractivity contribution in [3.05, 3.63) is 0 Å². The SMILES string of the molecule is CO[I-]ONO[I-]C(I)CCN. The summed E-state index contributed by atoms with van der Waals surface area (Å²) in [6.07, 6.45) is 0.995. The normalized spacial score (nSPS) is 13.9. The Morgan fingerprint density at radius 2 is 2.33 bits per heavy atom. The Hall–Kier alpha value is 1.99. The number of hydrogen-bond donors (Lipinski definition) is 2. The van der Waals surface area contributed by atoms with E-state index < -0.39 is 22.0 Å². The van der Waals surface area contributed by atoms with Crippen LogP contribution < -0.4 is 55.0 Å². The molecule has 1 unspecified atom stereocenters. The van der Waals surface area contributed by atoms with E-state index >= 15 is 0 Å². The zero-order valence-corrected chi connectivity index (χ0v) is 12.9. The van der Waals surface area contributed by atoms with Crippen molar-refractivity contribution >= 4 is 22.6 Å². The van der Waals surface area contributed by atoms with Crippen molar-refractivity contribution in [2.24, 2.45) is 5.73 Å². The molecule has 0 bridgehead atoms. The van der Waals surface area contributed by atoms with Crippen molar-refractivity contribution in [1.29, 1.82) is 0 Å². The van der Waals surface area contributed by atoms with Gasteiger partial charge >= 0.3 is 109 Å². The summed E-state index contributed by atoms with van der Waals surface area (Å²) >= 11 is 1.34. The summed E-state index contributed by atoms with van der Waals surface area (Å²) in [6, 6.07) is 0. The van der Waals surface area contributed by atoms with E-state index in [2.05, 4.69) is 28.2 Å². The van der Waals surface area contributed by atoms with Gasteiger partial charge < -0.3 is 0 Å². The van der Waals surface area contributed by atoms with Crippen LogP contribution in [0.1, 0.15) is 6.42 Å². The fraction of sp³-hybridized carbons (Fsp3) is 1.00. The van der Waals surface area contributed by atoms with E-state index in [0.29, 0.717) is 8.48 Å². The van der Waals surface area contributed by atoms with Gasteiger partial charge in [0.2, 0.25) is 0 Å². The minimum atomic E-state index is -0.658. The van der Waals surface area contributed by atoms with Crippen LogP contribution >= 0.6 is 22.6 Å². The van der Waals surface area contributed by atoms with Gasteiger partial charge in [0.05, 0.1) is 0 Å². The molecule has 0 heterocycles. The number of nitrogens with two attached hydrogens (primary N) is 1. The molecule has 78 valence electrons. The van der Waals surface area contributed by atoms with Crippen molar-refractivity contribution in [3.63, 3.8) is 0 Å². The monoisotopic (exact) mass is 516 g/mol. The Bertz CT molecular complexity index is 99.6. The first-order chi connectivity index (χ1) is 5.81. The second-order valence-electron chi connectivity index (χ2n) is 1.51. The summed E-state index contributed by atoms with van der Waals surface area (Å²) in [7, 11) is 1.60. The summed E-state index contributed by atoms with van der Waals surface area (Å²) in [5.41, 5.74) is 7.78. The molecule has 0 spiro atoms. The van der Waals surface area contributed by atoms with Crippen LogP contribution in [0.25, 0.3) is 0 Å². The molecular weight excluding hydrogens is 505 g/mol. The maximum absolute atomic E-state index is 5.37. The molecule has 3 N–H and O–H groups in total. The van der Waals surface area contributed by atoms with Gasteiger partial charge in [0.1, 0.15) is 0 Å². The van der Waals surface area contributed by atoms with Crippen LogP contribution in [-0.4, -0.2) is 15.6 Å². The average Bonchev–Trinajstić information content (AvgIpc) is 2.05. The van der Waals surface area contributed by atoms with Crippen molar-refractivity contribution < 1.29 is 53.1 Å². The first-order valence-corrected chi connectivity index (χ1v) is 8.17. The van der Waals surface area contributed by atoms with E-state index in [1.165, 1.54) is 0 Å². The predicted molar refractivity (Wildman–Crippen MR) is 43.8 cm³/mol. The molecule has 0 aliphatic heterocycles. The summed E-state index contributed by atoms with van der Waals surface area (Å²) in [5, 5.41) is 0. The second kappa shape index (κ2) is 11.1. The van der Waals surface area contributed by atoms with Gasteiger partial charge in [-0.3, -0.25) is 0 Å². The zero-order chi connectivity index (χ0) is 9.23. The minimum absolute atomic E-state index is 0.330. The van der Waals surface area contributed by atoms with E-state index in [9.17, 15) is 0 Å². The van der Waals surface area contributed by atoms with Gasteiger partial charge in [0.15, 0.2) is 0 Å². The molecule has 8 heteroatoms. The molecule has 0 aliphatic carbocycles. The molecule has 0 amide bonds. The standard InChI is InChI=1S/C4H11I3N2O3/c1-10-7-12-9-11-6-4(5)2-3-8/h4,9H,2-3,8H2,1H3/q-2. The molecule has 0 aromatic carbocycles. The third kappa shape index (κ3) is 10.1. The fourth-order valence-corrected chi connectivity index (χ4v) is 3.07. The summed E-state index contributed by atoms with van der Waals surface area (Å²) in [6.45, 7) is 0.711. The van der Waals surface area contributed by atoms with Gasteiger partial charge in [-0.25, -0.2) is 0 Å². The third-order valence-electron chi connectivity index (χ3n) is 0.684. The molecule has 0 fully saturated rings. The molecule has 12 heavy (non-hydrogen) atoms. The Kier molecular flexibility index (Phi) is 12.9. The molecule has 0 rings (SSSR count). The summed E-state index contributed by atoms with van der Waals surface area (Å²) < 4.78 is 15.2. The molecule has 0 aromatic rings. The zero-order valence-electron chi connectivity index (χ0n) is 6.43. The average molecular weight is 516 g/mol. The predicted octanol–water partition coefficient (Wildman–Crippen LogP) is -5.88. The Labute approximate surface area is 108 Å². The van der Waals surface area contributed by atoms with Crippen LogP contribution in [0.4, 0.5) is 0 Å². The molecule has 0 aromatic heterocycles. The van der Waals surface area contributed by atoms with Gasteiger partial charge in [-0.1, -0.05) is 0 Å². The molecule has 5 nitrogen and oxygen atoms in total. The summed E-state index contributed by atoms with van der Waals surface area (Å²) in [5.74, 6) is 0. The second-order valence-corrected chi connectivity index (χ2v) is 9.53. The van der Waals surface area contributed by atoms with Crippen LogP contribution in [0.5, 0.6) is 0 Å².